The highest BCUT2D eigenvalue weighted by molar-refractivity contribution is 9.08. The maximum Gasteiger partial charge on any atom is 0.0975 e. The lowest BCUT2D eigenvalue weighted by atomic mass is 10.2. The SMILES string of the molecule is BrCc1sc(Cc2ccccc2)nc1C1CC1. The molecule has 1 aliphatic rings. The van der Waals surface area contributed by atoms with Crippen LogP contribution in [0, 0.1) is 0 Å². The Bertz CT molecular complexity index is 502. The highest BCUT2D eigenvalue weighted by Gasteiger charge is 2.29. The van der Waals surface area contributed by atoms with Crippen molar-refractivity contribution < 1.29 is 0 Å². The molecule has 88 valence electrons. The van der Waals surface area contributed by atoms with Crippen molar-refractivity contribution in [1.82, 2.24) is 4.98 Å². The first kappa shape index (κ1) is 11.4. The molecule has 1 aromatic carbocycles. The minimum absolute atomic E-state index is 0.753. The summed E-state index contributed by atoms with van der Waals surface area (Å²) in [5.74, 6) is 0.753. The van der Waals surface area contributed by atoms with Crippen LogP contribution < -0.4 is 0 Å². The zero-order valence-electron chi connectivity index (χ0n) is 9.53. The van der Waals surface area contributed by atoms with Crippen LogP contribution in [0.25, 0.3) is 0 Å². The molecule has 0 atom stereocenters. The molecule has 0 radical (unpaired) electrons. The monoisotopic (exact) mass is 307 g/mol. The van der Waals surface area contributed by atoms with E-state index in [1.165, 1.54) is 34.0 Å². The molecule has 3 heteroatoms. The molecule has 1 aliphatic carbocycles. The van der Waals surface area contributed by atoms with Crippen LogP contribution in [0.5, 0.6) is 0 Å². The first-order valence-corrected chi connectivity index (χ1v) is 7.89. The summed E-state index contributed by atoms with van der Waals surface area (Å²) in [7, 11) is 0. The second-order valence-corrected chi connectivity index (χ2v) is 6.22. The van der Waals surface area contributed by atoms with Crippen LogP contribution in [-0.4, -0.2) is 4.98 Å². The van der Waals surface area contributed by atoms with Crippen molar-refractivity contribution in [2.24, 2.45) is 0 Å². The fourth-order valence-electron chi connectivity index (χ4n) is 2.03. The Morgan fingerprint density at radius 3 is 2.65 bits per heavy atom. The van der Waals surface area contributed by atoms with Gasteiger partial charge in [0.15, 0.2) is 0 Å². The van der Waals surface area contributed by atoms with Crippen LogP contribution in [0.4, 0.5) is 0 Å². The molecule has 2 aromatic rings. The van der Waals surface area contributed by atoms with Crippen LogP contribution in [0.1, 0.15) is 39.9 Å². The van der Waals surface area contributed by atoms with Gasteiger partial charge in [0.1, 0.15) is 0 Å². The molecule has 0 amide bonds. The summed E-state index contributed by atoms with van der Waals surface area (Å²) >= 11 is 5.44. The highest BCUT2D eigenvalue weighted by atomic mass is 79.9. The average molecular weight is 308 g/mol. The van der Waals surface area contributed by atoms with E-state index in [4.69, 9.17) is 4.98 Å². The van der Waals surface area contributed by atoms with E-state index in [0.29, 0.717) is 0 Å². The molecular formula is C14H14BrNS. The van der Waals surface area contributed by atoms with Crippen LogP contribution in [0.2, 0.25) is 0 Å². The number of nitrogens with zero attached hydrogens (tertiary/aromatic N) is 1. The fraction of sp³-hybridized carbons (Fsp3) is 0.357. The molecule has 0 N–H and O–H groups in total. The Balaban J connectivity index is 1.83. The van der Waals surface area contributed by atoms with E-state index in [1.54, 1.807) is 0 Å². The normalized spacial score (nSPS) is 15.1. The van der Waals surface area contributed by atoms with E-state index in [1.807, 2.05) is 11.3 Å². The second-order valence-electron chi connectivity index (χ2n) is 4.49. The van der Waals surface area contributed by atoms with Crippen LogP contribution in [0.15, 0.2) is 30.3 Å². The molecule has 0 unspecified atom stereocenters. The first-order chi connectivity index (χ1) is 8.36. The minimum atomic E-state index is 0.753. The lowest BCUT2D eigenvalue weighted by Crippen LogP contribution is -1.88. The first-order valence-electron chi connectivity index (χ1n) is 5.95. The lowest BCUT2D eigenvalue weighted by molar-refractivity contribution is 0.993. The molecule has 0 aliphatic heterocycles. The Morgan fingerprint density at radius 1 is 1.24 bits per heavy atom. The molecule has 0 saturated heterocycles. The van der Waals surface area contributed by atoms with Gasteiger partial charge < -0.3 is 0 Å². The van der Waals surface area contributed by atoms with E-state index in [-0.39, 0.29) is 0 Å². The van der Waals surface area contributed by atoms with E-state index < -0.39 is 0 Å². The predicted octanol–water partition coefficient (Wildman–Crippen LogP) is 4.51. The number of benzene rings is 1. The molecule has 3 rings (SSSR count). The number of halogens is 1. The molecule has 0 spiro atoms. The van der Waals surface area contributed by atoms with Gasteiger partial charge in [-0.2, -0.15) is 0 Å². The Morgan fingerprint density at radius 2 is 2.00 bits per heavy atom. The molecule has 0 bridgehead atoms. The molecule has 1 heterocycles. The summed E-state index contributed by atoms with van der Waals surface area (Å²) < 4.78 is 0. The number of rotatable bonds is 4. The summed E-state index contributed by atoms with van der Waals surface area (Å²) in [6, 6.07) is 10.6. The largest absolute Gasteiger partial charge is 0.245 e. The topological polar surface area (TPSA) is 12.9 Å². The lowest BCUT2D eigenvalue weighted by Gasteiger charge is -1.96. The van der Waals surface area contributed by atoms with Gasteiger partial charge in [-0.05, 0) is 18.4 Å². The summed E-state index contributed by atoms with van der Waals surface area (Å²) in [6.07, 6.45) is 3.63. The van der Waals surface area contributed by atoms with Crippen molar-refractivity contribution in [3.05, 3.63) is 51.5 Å². The van der Waals surface area contributed by atoms with Gasteiger partial charge in [0.05, 0.1) is 10.7 Å². The Hall–Kier alpha value is -0.670. The van der Waals surface area contributed by atoms with Crippen molar-refractivity contribution in [3.8, 4) is 0 Å². The van der Waals surface area contributed by atoms with E-state index >= 15 is 0 Å². The molecule has 1 saturated carbocycles. The average Bonchev–Trinajstić information content (AvgIpc) is 3.13. The van der Waals surface area contributed by atoms with Gasteiger partial charge >= 0.3 is 0 Å². The number of hydrogen-bond acceptors (Lipinski definition) is 2. The number of thiazole rings is 1. The Labute approximate surface area is 114 Å². The number of alkyl halides is 1. The summed E-state index contributed by atoms with van der Waals surface area (Å²) in [4.78, 5) is 6.26. The van der Waals surface area contributed by atoms with Crippen LogP contribution >= 0.6 is 27.3 Å². The summed E-state index contributed by atoms with van der Waals surface area (Å²) in [5, 5.41) is 2.21. The standard InChI is InChI=1S/C14H14BrNS/c15-9-12-14(11-6-7-11)16-13(17-12)8-10-4-2-1-3-5-10/h1-5,11H,6-9H2. The zero-order chi connectivity index (χ0) is 11.7. The van der Waals surface area contributed by atoms with E-state index in [2.05, 4.69) is 46.3 Å². The van der Waals surface area contributed by atoms with Crippen molar-refractivity contribution in [2.75, 3.05) is 0 Å². The molecule has 1 nitrogen and oxygen atoms in total. The van der Waals surface area contributed by atoms with E-state index in [0.717, 1.165) is 17.7 Å². The number of aromatic nitrogens is 1. The third-order valence-corrected chi connectivity index (χ3v) is 5.06. The molecular weight excluding hydrogens is 294 g/mol. The van der Waals surface area contributed by atoms with Crippen LogP contribution in [-0.2, 0) is 11.8 Å². The van der Waals surface area contributed by atoms with Gasteiger partial charge in [-0.1, -0.05) is 46.3 Å². The summed E-state index contributed by atoms with van der Waals surface area (Å²) in [5.41, 5.74) is 2.71. The van der Waals surface area contributed by atoms with Gasteiger partial charge in [-0.3, -0.25) is 0 Å². The van der Waals surface area contributed by atoms with Gasteiger partial charge in [0, 0.05) is 22.5 Å². The van der Waals surface area contributed by atoms with Gasteiger partial charge in [-0.15, -0.1) is 11.3 Å². The maximum absolute atomic E-state index is 4.83. The molecule has 1 fully saturated rings. The fourth-order valence-corrected chi connectivity index (χ4v) is 3.70. The molecule has 1 aromatic heterocycles. The van der Waals surface area contributed by atoms with Crippen molar-refractivity contribution in [2.45, 2.75) is 30.5 Å². The van der Waals surface area contributed by atoms with Gasteiger partial charge in [-0.25, -0.2) is 4.98 Å². The van der Waals surface area contributed by atoms with Crippen molar-refractivity contribution >= 4 is 27.3 Å². The predicted molar refractivity (Wildman–Crippen MR) is 76.0 cm³/mol. The number of hydrogen-bond donors (Lipinski definition) is 0. The third-order valence-electron chi connectivity index (χ3n) is 3.06. The molecule has 17 heavy (non-hydrogen) atoms. The van der Waals surface area contributed by atoms with E-state index in [9.17, 15) is 0 Å². The Kier molecular flexibility index (Phi) is 3.30. The quantitative estimate of drug-likeness (QED) is 0.758. The smallest absolute Gasteiger partial charge is 0.0975 e. The maximum atomic E-state index is 4.83. The minimum Gasteiger partial charge on any atom is -0.245 e. The van der Waals surface area contributed by atoms with Crippen molar-refractivity contribution in [3.63, 3.8) is 0 Å². The third kappa shape index (κ3) is 2.61. The van der Waals surface area contributed by atoms with Gasteiger partial charge in [0.2, 0.25) is 0 Å². The summed E-state index contributed by atoms with van der Waals surface area (Å²) in [6.45, 7) is 0. The zero-order valence-corrected chi connectivity index (χ0v) is 11.9. The second kappa shape index (κ2) is 4.91. The van der Waals surface area contributed by atoms with Crippen molar-refractivity contribution in [1.29, 1.82) is 0 Å². The highest BCUT2D eigenvalue weighted by Crippen LogP contribution is 2.43. The van der Waals surface area contributed by atoms with Crippen LogP contribution in [0.3, 0.4) is 0 Å². The van der Waals surface area contributed by atoms with Gasteiger partial charge in [0.25, 0.3) is 0 Å².